The first kappa shape index (κ1) is 9.85. The summed E-state index contributed by atoms with van der Waals surface area (Å²) in [6.45, 7) is 2.29. The van der Waals surface area contributed by atoms with Crippen LogP contribution in [-0.2, 0) is 7.05 Å². The summed E-state index contributed by atoms with van der Waals surface area (Å²) in [5.41, 5.74) is 2.72. The van der Waals surface area contributed by atoms with Crippen molar-refractivity contribution in [3.05, 3.63) is 30.0 Å². The summed E-state index contributed by atoms with van der Waals surface area (Å²) in [5.74, 6) is 0.723. The number of nitrogens with one attached hydrogen (secondary N) is 1. The average Bonchev–Trinajstić information content (AvgIpc) is 2.72. The number of aromatic nitrogens is 2. The quantitative estimate of drug-likeness (QED) is 0.789. The molecule has 2 heterocycles. The van der Waals surface area contributed by atoms with E-state index in [0.717, 1.165) is 19.0 Å². The van der Waals surface area contributed by atoms with Crippen LogP contribution in [0.4, 0.5) is 0 Å². The third-order valence-electron chi connectivity index (χ3n) is 3.58. The monoisotopic (exact) mass is 215 g/mol. The van der Waals surface area contributed by atoms with Gasteiger partial charge < -0.3 is 5.32 Å². The van der Waals surface area contributed by atoms with Crippen LogP contribution in [0.2, 0.25) is 0 Å². The van der Waals surface area contributed by atoms with E-state index in [1.807, 2.05) is 17.9 Å². The van der Waals surface area contributed by atoms with Gasteiger partial charge in [-0.1, -0.05) is 12.1 Å². The molecule has 0 amide bonds. The lowest BCUT2D eigenvalue weighted by molar-refractivity contribution is 0.460. The Morgan fingerprint density at radius 3 is 2.94 bits per heavy atom. The molecule has 1 fully saturated rings. The third kappa shape index (κ3) is 1.61. The Morgan fingerprint density at radius 2 is 2.12 bits per heavy atom. The maximum Gasteiger partial charge on any atom is 0.0681 e. The molecule has 1 aromatic heterocycles. The number of benzene rings is 1. The summed E-state index contributed by atoms with van der Waals surface area (Å²) >= 11 is 0. The summed E-state index contributed by atoms with van der Waals surface area (Å²) in [7, 11) is 2.01. The fraction of sp³-hybridized carbons (Fsp3) is 0.462. The van der Waals surface area contributed by atoms with Crippen LogP contribution in [0.5, 0.6) is 0 Å². The van der Waals surface area contributed by atoms with Gasteiger partial charge in [0.05, 0.1) is 11.7 Å². The molecule has 16 heavy (non-hydrogen) atoms. The van der Waals surface area contributed by atoms with Gasteiger partial charge in [-0.3, -0.25) is 4.68 Å². The first-order valence-electron chi connectivity index (χ1n) is 5.97. The molecule has 0 atom stereocenters. The van der Waals surface area contributed by atoms with Crippen molar-refractivity contribution < 1.29 is 0 Å². The van der Waals surface area contributed by atoms with E-state index in [-0.39, 0.29) is 0 Å². The van der Waals surface area contributed by atoms with Gasteiger partial charge >= 0.3 is 0 Å². The first-order valence-corrected chi connectivity index (χ1v) is 5.97. The van der Waals surface area contributed by atoms with E-state index in [4.69, 9.17) is 0 Å². The molecular weight excluding hydrogens is 198 g/mol. The third-order valence-corrected chi connectivity index (χ3v) is 3.58. The molecule has 0 unspecified atom stereocenters. The molecule has 3 heteroatoms. The van der Waals surface area contributed by atoms with Crippen LogP contribution < -0.4 is 5.32 Å². The normalized spacial score (nSPS) is 18.1. The minimum atomic E-state index is 0.723. The lowest BCUT2D eigenvalue weighted by Gasteiger charge is -2.23. The average molecular weight is 215 g/mol. The van der Waals surface area contributed by atoms with E-state index >= 15 is 0 Å². The van der Waals surface area contributed by atoms with Gasteiger partial charge in [-0.2, -0.15) is 5.10 Å². The second-order valence-corrected chi connectivity index (χ2v) is 4.61. The molecule has 3 rings (SSSR count). The molecule has 1 N–H and O–H groups in total. The summed E-state index contributed by atoms with van der Waals surface area (Å²) in [4.78, 5) is 0. The van der Waals surface area contributed by atoms with Crippen molar-refractivity contribution in [2.45, 2.75) is 18.8 Å². The molecule has 3 nitrogen and oxygen atoms in total. The highest BCUT2D eigenvalue weighted by molar-refractivity contribution is 5.79. The Balaban J connectivity index is 1.99. The maximum absolute atomic E-state index is 4.29. The minimum Gasteiger partial charge on any atom is -0.317 e. The SMILES string of the molecule is Cn1ncc2ccc(C3CCNCC3)cc21. The number of hydrogen-bond donors (Lipinski definition) is 1. The fourth-order valence-corrected chi connectivity index (χ4v) is 2.57. The van der Waals surface area contributed by atoms with Crippen molar-refractivity contribution in [3.8, 4) is 0 Å². The molecule has 0 bridgehead atoms. The number of fused-ring (bicyclic) bond motifs is 1. The molecule has 84 valence electrons. The Morgan fingerprint density at radius 1 is 1.31 bits per heavy atom. The van der Waals surface area contributed by atoms with E-state index in [2.05, 4.69) is 28.6 Å². The van der Waals surface area contributed by atoms with Crippen molar-refractivity contribution in [2.24, 2.45) is 7.05 Å². The number of rotatable bonds is 1. The highest BCUT2D eigenvalue weighted by Gasteiger charge is 2.15. The van der Waals surface area contributed by atoms with Gasteiger partial charge in [-0.05, 0) is 43.5 Å². The number of piperidine rings is 1. The van der Waals surface area contributed by atoms with E-state index in [9.17, 15) is 0 Å². The summed E-state index contributed by atoms with van der Waals surface area (Å²) in [6, 6.07) is 6.76. The smallest absolute Gasteiger partial charge is 0.0681 e. The van der Waals surface area contributed by atoms with Crippen LogP contribution in [-0.4, -0.2) is 22.9 Å². The van der Waals surface area contributed by atoms with Crippen molar-refractivity contribution in [1.82, 2.24) is 15.1 Å². The van der Waals surface area contributed by atoms with Crippen molar-refractivity contribution in [1.29, 1.82) is 0 Å². The molecule has 0 radical (unpaired) electrons. The van der Waals surface area contributed by atoms with E-state index in [1.165, 1.54) is 29.3 Å². The number of nitrogens with zero attached hydrogens (tertiary/aromatic N) is 2. The van der Waals surface area contributed by atoms with Crippen molar-refractivity contribution in [3.63, 3.8) is 0 Å². The van der Waals surface area contributed by atoms with E-state index < -0.39 is 0 Å². The number of hydrogen-bond acceptors (Lipinski definition) is 2. The fourth-order valence-electron chi connectivity index (χ4n) is 2.57. The Bertz CT molecular complexity index is 495. The van der Waals surface area contributed by atoms with Crippen LogP contribution in [0.1, 0.15) is 24.3 Å². The second-order valence-electron chi connectivity index (χ2n) is 4.61. The predicted octanol–water partition coefficient (Wildman–Crippen LogP) is 2.04. The lowest BCUT2D eigenvalue weighted by atomic mass is 9.90. The molecular formula is C13H17N3. The van der Waals surface area contributed by atoms with E-state index in [1.54, 1.807) is 0 Å². The van der Waals surface area contributed by atoms with Gasteiger partial charge in [0.2, 0.25) is 0 Å². The van der Waals surface area contributed by atoms with Gasteiger partial charge in [0.25, 0.3) is 0 Å². The van der Waals surface area contributed by atoms with Gasteiger partial charge in [-0.25, -0.2) is 0 Å². The van der Waals surface area contributed by atoms with Crippen molar-refractivity contribution >= 4 is 10.9 Å². The first-order chi connectivity index (χ1) is 7.84. The Labute approximate surface area is 95.5 Å². The predicted molar refractivity (Wildman–Crippen MR) is 65.6 cm³/mol. The summed E-state index contributed by atoms with van der Waals surface area (Å²) in [5, 5.41) is 8.93. The second kappa shape index (κ2) is 3.91. The molecule has 1 aromatic carbocycles. The van der Waals surface area contributed by atoms with E-state index in [0.29, 0.717) is 0 Å². The molecule has 0 spiro atoms. The standard InChI is InChI=1S/C13H17N3/c1-16-13-8-11(2-3-12(13)9-15-16)10-4-6-14-7-5-10/h2-3,8-10,14H,4-7H2,1H3. The highest BCUT2D eigenvalue weighted by Crippen LogP contribution is 2.27. The van der Waals surface area contributed by atoms with Crippen LogP contribution in [0.25, 0.3) is 10.9 Å². The maximum atomic E-state index is 4.29. The van der Waals surface area contributed by atoms with Crippen LogP contribution >= 0.6 is 0 Å². The molecule has 0 saturated carbocycles. The van der Waals surface area contributed by atoms with Gasteiger partial charge in [-0.15, -0.1) is 0 Å². The molecule has 2 aromatic rings. The zero-order valence-corrected chi connectivity index (χ0v) is 9.61. The zero-order valence-electron chi connectivity index (χ0n) is 9.61. The molecule has 1 saturated heterocycles. The number of aryl methyl sites for hydroxylation is 1. The molecule has 1 aliphatic heterocycles. The van der Waals surface area contributed by atoms with Crippen LogP contribution in [0.15, 0.2) is 24.4 Å². The zero-order chi connectivity index (χ0) is 11.0. The van der Waals surface area contributed by atoms with Crippen LogP contribution in [0.3, 0.4) is 0 Å². The van der Waals surface area contributed by atoms with Gasteiger partial charge in [0.15, 0.2) is 0 Å². The topological polar surface area (TPSA) is 29.9 Å². The molecule has 0 aliphatic carbocycles. The highest BCUT2D eigenvalue weighted by atomic mass is 15.2. The van der Waals surface area contributed by atoms with Crippen LogP contribution in [0, 0.1) is 0 Å². The summed E-state index contributed by atoms with van der Waals surface area (Å²) < 4.78 is 1.96. The van der Waals surface area contributed by atoms with Gasteiger partial charge in [0, 0.05) is 12.4 Å². The summed E-state index contributed by atoms with van der Waals surface area (Å²) in [6.07, 6.45) is 4.44. The largest absolute Gasteiger partial charge is 0.317 e. The minimum absolute atomic E-state index is 0.723. The molecule has 1 aliphatic rings. The van der Waals surface area contributed by atoms with Gasteiger partial charge in [0.1, 0.15) is 0 Å². The Kier molecular flexibility index (Phi) is 2.40. The lowest BCUT2D eigenvalue weighted by Crippen LogP contribution is -2.26. The van der Waals surface area contributed by atoms with Crippen molar-refractivity contribution in [2.75, 3.05) is 13.1 Å². The Hall–Kier alpha value is -1.35.